The summed E-state index contributed by atoms with van der Waals surface area (Å²) < 4.78 is 17.0. The number of nitrogens with one attached hydrogen (secondary N) is 1. The van der Waals surface area contributed by atoms with Crippen molar-refractivity contribution < 1.29 is 19.0 Å². The molecule has 1 amide bonds. The maximum atomic E-state index is 12.6. The molecule has 1 heterocycles. The number of likely N-dealkylation sites (tertiary alicyclic amines) is 1. The van der Waals surface area contributed by atoms with Crippen LogP contribution in [0.1, 0.15) is 63.5 Å². The van der Waals surface area contributed by atoms with Gasteiger partial charge in [-0.15, -0.1) is 0 Å². The van der Waals surface area contributed by atoms with E-state index in [2.05, 4.69) is 10.2 Å². The van der Waals surface area contributed by atoms with Crippen molar-refractivity contribution in [3.63, 3.8) is 0 Å². The van der Waals surface area contributed by atoms with Crippen LogP contribution in [0.3, 0.4) is 0 Å². The molecule has 1 saturated heterocycles. The van der Waals surface area contributed by atoms with Crippen molar-refractivity contribution in [3.8, 4) is 11.5 Å². The van der Waals surface area contributed by atoms with Gasteiger partial charge in [-0.3, -0.25) is 9.69 Å². The molecule has 1 aliphatic carbocycles. The van der Waals surface area contributed by atoms with Gasteiger partial charge in [0, 0.05) is 18.7 Å². The summed E-state index contributed by atoms with van der Waals surface area (Å²) >= 11 is 0. The number of hydrogen-bond donors (Lipinski definition) is 1. The smallest absolute Gasteiger partial charge is 0.234 e. The lowest BCUT2D eigenvalue weighted by Gasteiger charge is -2.34. The van der Waals surface area contributed by atoms with Crippen LogP contribution in [0.5, 0.6) is 11.5 Å². The number of carbonyl (C=O) groups is 1. The molecule has 29 heavy (non-hydrogen) atoms. The first-order valence-electron chi connectivity index (χ1n) is 11.0. The second-order valence-electron chi connectivity index (χ2n) is 8.27. The molecule has 6 nitrogen and oxygen atoms in total. The van der Waals surface area contributed by atoms with Crippen molar-refractivity contribution in [2.45, 2.75) is 70.1 Å². The first-order chi connectivity index (χ1) is 14.1. The molecule has 1 aromatic carbocycles. The van der Waals surface area contributed by atoms with E-state index in [-0.39, 0.29) is 11.9 Å². The van der Waals surface area contributed by atoms with Crippen molar-refractivity contribution in [1.29, 1.82) is 0 Å². The number of rotatable bonds is 8. The molecule has 6 heteroatoms. The third-order valence-electron chi connectivity index (χ3n) is 6.12. The number of methoxy groups -OCH3 is 2. The fourth-order valence-corrected chi connectivity index (χ4v) is 4.42. The summed E-state index contributed by atoms with van der Waals surface area (Å²) in [6.45, 7) is 4.23. The summed E-state index contributed by atoms with van der Waals surface area (Å²) in [4.78, 5) is 14.8. The number of ether oxygens (including phenoxy) is 3. The van der Waals surface area contributed by atoms with Gasteiger partial charge in [-0.1, -0.05) is 19.3 Å². The molecule has 1 unspecified atom stereocenters. The molecule has 2 aliphatic rings. The van der Waals surface area contributed by atoms with Gasteiger partial charge in [-0.25, -0.2) is 0 Å². The second-order valence-corrected chi connectivity index (χ2v) is 8.27. The Morgan fingerprint density at radius 2 is 1.76 bits per heavy atom. The predicted molar refractivity (Wildman–Crippen MR) is 114 cm³/mol. The average molecular weight is 405 g/mol. The third kappa shape index (κ3) is 6.34. The molecule has 1 saturated carbocycles. The maximum absolute atomic E-state index is 12.6. The zero-order valence-corrected chi connectivity index (χ0v) is 18.1. The number of carbonyl (C=O) groups excluding carboxylic acids is 1. The van der Waals surface area contributed by atoms with Gasteiger partial charge >= 0.3 is 0 Å². The van der Waals surface area contributed by atoms with E-state index in [1.807, 2.05) is 25.1 Å². The number of piperidine rings is 1. The van der Waals surface area contributed by atoms with E-state index in [4.69, 9.17) is 14.2 Å². The highest BCUT2D eigenvalue weighted by molar-refractivity contribution is 5.78. The highest BCUT2D eigenvalue weighted by atomic mass is 16.5. The number of nitrogens with zero attached hydrogens (tertiary/aromatic N) is 1. The molecule has 0 aromatic heterocycles. The highest BCUT2D eigenvalue weighted by Gasteiger charge is 2.25. The number of benzene rings is 1. The molecule has 3 rings (SSSR count). The van der Waals surface area contributed by atoms with Gasteiger partial charge in [0.05, 0.1) is 39.0 Å². The van der Waals surface area contributed by atoms with Crippen molar-refractivity contribution in [2.24, 2.45) is 0 Å². The first-order valence-corrected chi connectivity index (χ1v) is 11.0. The summed E-state index contributed by atoms with van der Waals surface area (Å²) in [6.07, 6.45) is 9.25. The van der Waals surface area contributed by atoms with E-state index >= 15 is 0 Å². The Morgan fingerprint density at radius 3 is 2.41 bits per heavy atom. The third-order valence-corrected chi connectivity index (χ3v) is 6.12. The summed E-state index contributed by atoms with van der Waals surface area (Å²) in [5.41, 5.74) is 0.916. The van der Waals surface area contributed by atoms with Gasteiger partial charge in [0.25, 0.3) is 0 Å². The first kappa shape index (κ1) is 21.9. The molecule has 1 atom stereocenters. The van der Waals surface area contributed by atoms with Crippen molar-refractivity contribution in [1.82, 2.24) is 10.2 Å². The second kappa shape index (κ2) is 10.8. The lowest BCUT2D eigenvalue weighted by atomic mass is 9.97. The highest BCUT2D eigenvalue weighted by Crippen LogP contribution is 2.29. The minimum absolute atomic E-state index is 0.0361. The molecule has 0 radical (unpaired) electrons. The zero-order valence-electron chi connectivity index (χ0n) is 18.1. The SMILES string of the molecule is COc1ccc(OC)c(C(C)NC(=O)CN2CCC(OC3CCCCC3)CC2)c1. The Balaban J connectivity index is 1.44. The number of hydrogen-bond acceptors (Lipinski definition) is 5. The summed E-state index contributed by atoms with van der Waals surface area (Å²) in [6, 6.07) is 5.49. The molecular formula is C23H36N2O4. The molecule has 1 N–H and O–H groups in total. The monoisotopic (exact) mass is 404 g/mol. The Hall–Kier alpha value is -1.79. The van der Waals surface area contributed by atoms with Crippen molar-refractivity contribution in [2.75, 3.05) is 33.9 Å². The fraction of sp³-hybridized carbons (Fsp3) is 0.696. The van der Waals surface area contributed by atoms with Gasteiger partial charge in [0.15, 0.2) is 0 Å². The van der Waals surface area contributed by atoms with E-state index in [9.17, 15) is 4.79 Å². The van der Waals surface area contributed by atoms with Crippen molar-refractivity contribution in [3.05, 3.63) is 23.8 Å². The average Bonchev–Trinajstić information content (AvgIpc) is 2.75. The van der Waals surface area contributed by atoms with Crippen LogP contribution in [0.25, 0.3) is 0 Å². The van der Waals surface area contributed by atoms with Crippen LogP contribution in [-0.4, -0.2) is 56.9 Å². The Kier molecular flexibility index (Phi) is 8.19. The van der Waals surface area contributed by atoms with Gasteiger partial charge in [-0.2, -0.15) is 0 Å². The van der Waals surface area contributed by atoms with E-state index in [1.165, 1.54) is 32.1 Å². The van der Waals surface area contributed by atoms with Crippen LogP contribution in [0, 0.1) is 0 Å². The van der Waals surface area contributed by atoms with Gasteiger partial charge in [0.1, 0.15) is 11.5 Å². The minimum Gasteiger partial charge on any atom is -0.497 e. The zero-order chi connectivity index (χ0) is 20.6. The normalized spacial score (nSPS) is 20.2. The molecule has 2 fully saturated rings. The Labute approximate surface area is 174 Å². The van der Waals surface area contributed by atoms with E-state index in [1.54, 1.807) is 14.2 Å². The summed E-state index contributed by atoms with van der Waals surface area (Å²) in [5.74, 6) is 1.54. The predicted octanol–water partition coefficient (Wildman–Crippen LogP) is 3.69. The van der Waals surface area contributed by atoms with Crippen LogP contribution in [-0.2, 0) is 9.53 Å². The Bertz CT molecular complexity index is 652. The lowest BCUT2D eigenvalue weighted by molar-refractivity contribution is -0.124. The molecule has 0 bridgehead atoms. The molecule has 162 valence electrons. The topological polar surface area (TPSA) is 60.0 Å². The Morgan fingerprint density at radius 1 is 1.07 bits per heavy atom. The fourth-order valence-electron chi connectivity index (χ4n) is 4.42. The van der Waals surface area contributed by atoms with Crippen LogP contribution in [0.2, 0.25) is 0 Å². The molecule has 1 aliphatic heterocycles. The van der Waals surface area contributed by atoms with Gasteiger partial charge in [-0.05, 0) is 50.8 Å². The largest absolute Gasteiger partial charge is 0.497 e. The van der Waals surface area contributed by atoms with E-state index in [0.717, 1.165) is 43.0 Å². The van der Waals surface area contributed by atoms with Crippen LogP contribution in [0.15, 0.2) is 18.2 Å². The quantitative estimate of drug-likeness (QED) is 0.716. The van der Waals surface area contributed by atoms with Gasteiger partial charge in [0.2, 0.25) is 5.91 Å². The van der Waals surface area contributed by atoms with E-state index in [0.29, 0.717) is 18.8 Å². The standard InChI is InChI=1S/C23H36N2O4/c1-17(21-15-20(27-2)9-10-22(21)28-3)24-23(26)16-25-13-11-19(12-14-25)29-18-7-5-4-6-8-18/h9-10,15,17-19H,4-8,11-14,16H2,1-3H3,(H,24,26). The molecule has 1 aromatic rings. The van der Waals surface area contributed by atoms with Gasteiger partial charge < -0.3 is 19.5 Å². The van der Waals surface area contributed by atoms with Crippen LogP contribution >= 0.6 is 0 Å². The summed E-state index contributed by atoms with van der Waals surface area (Å²) in [5, 5.41) is 3.10. The maximum Gasteiger partial charge on any atom is 0.234 e. The minimum atomic E-state index is -0.153. The summed E-state index contributed by atoms with van der Waals surface area (Å²) in [7, 11) is 3.27. The van der Waals surface area contributed by atoms with Crippen LogP contribution in [0.4, 0.5) is 0 Å². The molecule has 0 spiro atoms. The van der Waals surface area contributed by atoms with Crippen molar-refractivity contribution >= 4 is 5.91 Å². The van der Waals surface area contributed by atoms with E-state index < -0.39 is 0 Å². The van der Waals surface area contributed by atoms with Crippen LogP contribution < -0.4 is 14.8 Å². The molecular weight excluding hydrogens is 368 g/mol. The number of amides is 1. The lowest BCUT2D eigenvalue weighted by Crippen LogP contribution is -2.44.